The van der Waals surface area contributed by atoms with Crippen LogP contribution in [0, 0.1) is 11.6 Å². The highest BCUT2D eigenvalue weighted by atomic mass is 79.9. The summed E-state index contributed by atoms with van der Waals surface area (Å²) in [7, 11) is 1.78. The number of halogens is 3. The summed E-state index contributed by atoms with van der Waals surface area (Å²) in [5.74, 6) is 0.0991. The van der Waals surface area contributed by atoms with Crippen molar-refractivity contribution in [2.75, 3.05) is 7.05 Å². The van der Waals surface area contributed by atoms with Crippen molar-refractivity contribution in [3.63, 3.8) is 0 Å². The Labute approximate surface area is 124 Å². The molecule has 0 aromatic heterocycles. The van der Waals surface area contributed by atoms with Crippen molar-refractivity contribution in [1.29, 1.82) is 0 Å². The van der Waals surface area contributed by atoms with Crippen LogP contribution in [0.15, 0.2) is 40.9 Å². The van der Waals surface area contributed by atoms with E-state index in [0.29, 0.717) is 21.5 Å². The lowest BCUT2D eigenvalue weighted by atomic mass is 10.1. The second kappa shape index (κ2) is 6.33. The summed E-state index contributed by atoms with van der Waals surface area (Å²) in [6, 6.07) is 8.34. The second-order valence-electron chi connectivity index (χ2n) is 4.37. The van der Waals surface area contributed by atoms with E-state index in [1.807, 2.05) is 6.92 Å². The van der Waals surface area contributed by atoms with Gasteiger partial charge in [-0.05, 0) is 60.2 Å². The first-order valence-corrected chi connectivity index (χ1v) is 6.90. The summed E-state index contributed by atoms with van der Waals surface area (Å²) in [5.41, 5.74) is 0.670. The number of hydrogen-bond acceptors (Lipinski definition) is 2. The maximum absolute atomic E-state index is 13.4. The first-order valence-electron chi connectivity index (χ1n) is 6.11. The van der Waals surface area contributed by atoms with E-state index in [9.17, 15) is 8.78 Å². The molecule has 2 aromatic carbocycles. The standard InChI is InChI=1S/C15H14BrF2NO/c1-9(19-2)12-7-10(17)4-6-14(12)20-15-8-11(18)3-5-13(15)16/h3-9,19H,1-2H3. The van der Waals surface area contributed by atoms with E-state index in [4.69, 9.17) is 4.74 Å². The molecule has 2 rings (SSSR count). The van der Waals surface area contributed by atoms with Crippen LogP contribution in [0.5, 0.6) is 11.5 Å². The van der Waals surface area contributed by atoms with Gasteiger partial charge in [-0.15, -0.1) is 0 Å². The third-order valence-electron chi connectivity index (χ3n) is 2.98. The average Bonchev–Trinajstić information content (AvgIpc) is 2.43. The number of rotatable bonds is 4. The Morgan fingerprint density at radius 2 is 1.70 bits per heavy atom. The van der Waals surface area contributed by atoms with Crippen molar-refractivity contribution >= 4 is 15.9 Å². The lowest BCUT2D eigenvalue weighted by Gasteiger charge is -2.17. The van der Waals surface area contributed by atoms with Gasteiger partial charge in [0.05, 0.1) is 4.47 Å². The highest BCUT2D eigenvalue weighted by molar-refractivity contribution is 9.10. The summed E-state index contributed by atoms with van der Waals surface area (Å²) in [6.45, 7) is 1.89. The molecule has 2 nitrogen and oxygen atoms in total. The van der Waals surface area contributed by atoms with Crippen molar-refractivity contribution in [3.8, 4) is 11.5 Å². The zero-order valence-corrected chi connectivity index (χ0v) is 12.7. The normalized spacial score (nSPS) is 12.2. The van der Waals surface area contributed by atoms with Gasteiger partial charge in [0.25, 0.3) is 0 Å². The summed E-state index contributed by atoms with van der Waals surface area (Å²) < 4.78 is 33.0. The van der Waals surface area contributed by atoms with Gasteiger partial charge in [-0.2, -0.15) is 0 Å². The zero-order valence-electron chi connectivity index (χ0n) is 11.1. The quantitative estimate of drug-likeness (QED) is 0.862. The predicted molar refractivity (Wildman–Crippen MR) is 78.0 cm³/mol. The summed E-state index contributed by atoms with van der Waals surface area (Å²) >= 11 is 3.30. The Morgan fingerprint density at radius 3 is 2.40 bits per heavy atom. The van der Waals surface area contributed by atoms with E-state index in [2.05, 4.69) is 21.2 Å². The lowest BCUT2D eigenvalue weighted by Crippen LogP contribution is -2.13. The summed E-state index contributed by atoms with van der Waals surface area (Å²) in [4.78, 5) is 0. The van der Waals surface area contributed by atoms with E-state index in [1.54, 1.807) is 13.1 Å². The summed E-state index contributed by atoms with van der Waals surface area (Å²) in [5, 5.41) is 3.03. The van der Waals surface area contributed by atoms with Gasteiger partial charge in [0, 0.05) is 17.7 Å². The molecule has 0 saturated heterocycles. The van der Waals surface area contributed by atoms with Crippen LogP contribution < -0.4 is 10.1 Å². The Balaban J connectivity index is 2.40. The molecule has 2 aromatic rings. The average molecular weight is 342 g/mol. The van der Waals surface area contributed by atoms with Crippen molar-refractivity contribution in [2.45, 2.75) is 13.0 Å². The van der Waals surface area contributed by atoms with Crippen LogP contribution in [0.2, 0.25) is 0 Å². The molecule has 5 heteroatoms. The Hall–Kier alpha value is -1.46. The van der Waals surface area contributed by atoms with Crippen molar-refractivity contribution < 1.29 is 13.5 Å². The van der Waals surface area contributed by atoms with Crippen molar-refractivity contribution in [1.82, 2.24) is 5.32 Å². The third-order valence-corrected chi connectivity index (χ3v) is 3.64. The fourth-order valence-corrected chi connectivity index (χ4v) is 2.11. The third kappa shape index (κ3) is 3.35. The minimum absolute atomic E-state index is 0.0898. The van der Waals surface area contributed by atoms with Crippen molar-refractivity contribution in [2.24, 2.45) is 0 Å². The van der Waals surface area contributed by atoms with Crippen molar-refractivity contribution in [3.05, 3.63) is 58.1 Å². The highest BCUT2D eigenvalue weighted by Crippen LogP contribution is 2.34. The molecule has 0 amide bonds. The molecule has 0 aliphatic rings. The van der Waals surface area contributed by atoms with Crippen LogP contribution >= 0.6 is 15.9 Å². The molecule has 1 atom stereocenters. The van der Waals surface area contributed by atoms with Crippen LogP contribution in [-0.4, -0.2) is 7.05 Å². The fourth-order valence-electron chi connectivity index (χ4n) is 1.78. The molecule has 0 fully saturated rings. The van der Waals surface area contributed by atoms with Crippen LogP contribution in [0.4, 0.5) is 8.78 Å². The predicted octanol–water partition coefficient (Wildman–Crippen LogP) is 4.80. The number of ether oxygens (including phenoxy) is 1. The first kappa shape index (κ1) is 14.9. The van der Waals surface area contributed by atoms with E-state index < -0.39 is 5.82 Å². The molecular formula is C15H14BrF2NO. The highest BCUT2D eigenvalue weighted by Gasteiger charge is 2.13. The Morgan fingerprint density at radius 1 is 1.05 bits per heavy atom. The molecule has 1 unspecified atom stereocenters. The molecule has 1 N–H and O–H groups in total. The van der Waals surface area contributed by atoms with E-state index in [1.165, 1.54) is 30.3 Å². The molecule has 0 heterocycles. The number of hydrogen-bond donors (Lipinski definition) is 1. The number of benzene rings is 2. The van der Waals surface area contributed by atoms with Crippen LogP contribution in [0.25, 0.3) is 0 Å². The fraction of sp³-hybridized carbons (Fsp3) is 0.200. The SMILES string of the molecule is CNC(C)c1cc(F)ccc1Oc1cc(F)ccc1Br. The van der Waals surface area contributed by atoms with Gasteiger partial charge < -0.3 is 10.1 Å². The topological polar surface area (TPSA) is 21.3 Å². The summed E-state index contributed by atoms with van der Waals surface area (Å²) in [6.07, 6.45) is 0. The Kier molecular flexibility index (Phi) is 4.73. The van der Waals surface area contributed by atoms with Crippen LogP contribution in [-0.2, 0) is 0 Å². The zero-order chi connectivity index (χ0) is 14.7. The first-order chi connectivity index (χ1) is 9.51. The van der Waals surface area contributed by atoms with E-state index in [0.717, 1.165) is 0 Å². The van der Waals surface area contributed by atoms with Gasteiger partial charge in [0.15, 0.2) is 0 Å². The van der Waals surface area contributed by atoms with E-state index in [-0.39, 0.29) is 11.9 Å². The van der Waals surface area contributed by atoms with Crippen LogP contribution in [0.3, 0.4) is 0 Å². The maximum Gasteiger partial charge on any atom is 0.144 e. The molecule has 106 valence electrons. The minimum Gasteiger partial charge on any atom is -0.456 e. The minimum atomic E-state index is -0.395. The largest absolute Gasteiger partial charge is 0.456 e. The lowest BCUT2D eigenvalue weighted by molar-refractivity contribution is 0.456. The van der Waals surface area contributed by atoms with Crippen LogP contribution in [0.1, 0.15) is 18.5 Å². The smallest absolute Gasteiger partial charge is 0.144 e. The molecule has 0 spiro atoms. The molecule has 0 saturated carbocycles. The van der Waals surface area contributed by atoms with Gasteiger partial charge >= 0.3 is 0 Å². The van der Waals surface area contributed by atoms with Gasteiger partial charge in [0.1, 0.15) is 23.1 Å². The monoisotopic (exact) mass is 341 g/mol. The van der Waals surface area contributed by atoms with E-state index >= 15 is 0 Å². The maximum atomic E-state index is 13.4. The number of nitrogens with one attached hydrogen (secondary N) is 1. The molecule has 0 aliphatic heterocycles. The van der Waals surface area contributed by atoms with Gasteiger partial charge in [0.2, 0.25) is 0 Å². The molecular weight excluding hydrogens is 328 g/mol. The van der Waals surface area contributed by atoms with Gasteiger partial charge in [-0.1, -0.05) is 0 Å². The Bertz CT molecular complexity index is 619. The molecule has 20 heavy (non-hydrogen) atoms. The molecule has 0 bridgehead atoms. The molecule has 0 radical (unpaired) electrons. The van der Waals surface area contributed by atoms with Gasteiger partial charge in [-0.25, -0.2) is 8.78 Å². The second-order valence-corrected chi connectivity index (χ2v) is 5.22. The molecule has 0 aliphatic carbocycles. The van der Waals surface area contributed by atoms with Gasteiger partial charge in [-0.3, -0.25) is 0 Å².